The van der Waals surface area contributed by atoms with E-state index in [9.17, 15) is 5.11 Å². The van der Waals surface area contributed by atoms with Gasteiger partial charge in [0.1, 0.15) is 0 Å². The molecule has 2 aromatic rings. The SMILES string of the molecule is CCc1ccc(C(O)Cc2c(Cl)c(C)nn2C)s1. The Bertz CT molecular complexity index is 547. The van der Waals surface area contributed by atoms with Crippen molar-refractivity contribution in [1.29, 1.82) is 0 Å². The number of hydrogen-bond acceptors (Lipinski definition) is 3. The van der Waals surface area contributed by atoms with Crippen LogP contribution >= 0.6 is 22.9 Å². The second-order valence-corrected chi connectivity index (χ2v) is 5.93. The lowest BCUT2D eigenvalue weighted by molar-refractivity contribution is 0.179. The predicted octanol–water partition coefficient (Wildman–Crippen LogP) is 3.28. The Morgan fingerprint density at radius 1 is 1.50 bits per heavy atom. The van der Waals surface area contributed by atoms with Gasteiger partial charge in [-0.1, -0.05) is 18.5 Å². The minimum absolute atomic E-state index is 0.500. The minimum atomic E-state index is -0.511. The summed E-state index contributed by atoms with van der Waals surface area (Å²) >= 11 is 7.84. The van der Waals surface area contributed by atoms with Crippen molar-refractivity contribution in [2.75, 3.05) is 0 Å². The molecule has 0 amide bonds. The van der Waals surface area contributed by atoms with Crippen LogP contribution in [0.4, 0.5) is 0 Å². The molecular weight excluding hydrogens is 268 g/mol. The molecule has 0 saturated heterocycles. The molecule has 0 radical (unpaired) electrons. The first kappa shape index (κ1) is 13.6. The molecule has 0 aliphatic rings. The van der Waals surface area contributed by atoms with E-state index in [1.807, 2.05) is 20.0 Å². The minimum Gasteiger partial charge on any atom is -0.387 e. The molecule has 1 N–H and O–H groups in total. The molecule has 5 heteroatoms. The molecule has 2 aromatic heterocycles. The first-order valence-corrected chi connectivity index (χ1v) is 7.17. The van der Waals surface area contributed by atoms with Crippen LogP contribution in [0, 0.1) is 6.92 Å². The van der Waals surface area contributed by atoms with Crippen LogP contribution in [0.3, 0.4) is 0 Å². The second kappa shape index (κ2) is 5.43. The Balaban J connectivity index is 2.18. The van der Waals surface area contributed by atoms with Crippen molar-refractivity contribution in [3.8, 4) is 0 Å². The molecule has 3 nitrogen and oxygen atoms in total. The van der Waals surface area contributed by atoms with Gasteiger partial charge < -0.3 is 5.11 Å². The van der Waals surface area contributed by atoms with Crippen LogP contribution < -0.4 is 0 Å². The van der Waals surface area contributed by atoms with Gasteiger partial charge in [-0.15, -0.1) is 11.3 Å². The van der Waals surface area contributed by atoms with Gasteiger partial charge in [-0.3, -0.25) is 4.68 Å². The Morgan fingerprint density at radius 2 is 2.22 bits per heavy atom. The maximum absolute atomic E-state index is 10.3. The second-order valence-electron chi connectivity index (χ2n) is 4.35. The van der Waals surface area contributed by atoms with Crippen molar-refractivity contribution in [2.45, 2.75) is 32.8 Å². The smallest absolute Gasteiger partial charge is 0.0937 e. The average molecular weight is 285 g/mol. The fourth-order valence-corrected chi connectivity index (χ4v) is 3.13. The Morgan fingerprint density at radius 3 is 2.72 bits per heavy atom. The van der Waals surface area contributed by atoms with Crippen LogP contribution in [0.25, 0.3) is 0 Å². The van der Waals surface area contributed by atoms with Gasteiger partial charge in [0.05, 0.1) is 22.5 Å². The molecule has 0 bridgehead atoms. The number of aromatic nitrogens is 2. The molecule has 0 spiro atoms. The van der Waals surface area contributed by atoms with Crippen molar-refractivity contribution in [3.63, 3.8) is 0 Å². The molecule has 0 saturated carbocycles. The Labute approximate surface area is 116 Å². The molecule has 2 rings (SSSR count). The highest BCUT2D eigenvalue weighted by Crippen LogP contribution is 2.29. The summed E-state index contributed by atoms with van der Waals surface area (Å²) in [6, 6.07) is 4.06. The van der Waals surface area contributed by atoms with Gasteiger partial charge in [-0.25, -0.2) is 0 Å². The molecule has 2 heterocycles. The molecule has 98 valence electrons. The summed E-state index contributed by atoms with van der Waals surface area (Å²) in [5.74, 6) is 0. The van der Waals surface area contributed by atoms with Crippen molar-refractivity contribution in [3.05, 3.63) is 38.3 Å². The average Bonchev–Trinajstić information content (AvgIpc) is 2.90. The highest BCUT2D eigenvalue weighted by atomic mass is 35.5. The van der Waals surface area contributed by atoms with Crippen LogP contribution in [-0.2, 0) is 19.9 Å². The van der Waals surface area contributed by atoms with Gasteiger partial charge in [0.15, 0.2) is 0 Å². The van der Waals surface area contributed by atoms with Gasteiger partial charge in [0, 0.05) is 23.2 Å². The molecule has 1 atom stereocenters. The predicted molar refractivity (Wildman–Crippen MR) is 75.3 cm³/mol. The molecule has 0 aliphatic carbocycles. The quantitative estimate of drug-likeness (QED) is 0.936. The molecule has 18 heavy (non-hydrogen) atoms. The fraction of sp³-hybridized carbons (Fsp3) is 0.462. The lowest BCUT2D eigenvalue weighted by Crippen LogP contribution is -2.05. The zero-order valence-electron chi connectivity index (χ0n) is 10.8. The summed E-state index contributed by atoms with van der Waals surface area (Å²) in [5, 5.41) is 15.2. The highest BCUT2D eigenvalue weighted by molar-refractivity contribution is 7.12. The molecule has 1 unspecified atom stereocenters. The zero-order chi connectivity index (χ0) is 13.3. The van der Waals surface area contributed by atoms with Gasteiger partial charge in [-0.2, -0.15) is 5.10 Å². The van der Waals surface area contributed by atoms with Crippen molar-refractivity contribution >= 4 is 22.9 Å². The van der Waals surface area contributed by atoms with E-state index >= 15 is 0 Å². The van der Waals surface area contributed by atoms with E-state index in [0.29, 0.717) is 11.4 Å². The summed E-state index contributed by atoms with van der Waals surface area (Å²) in [4.78, 5) is 2.28. The maximum atomic E-state index is 10.3. The van der Waals surface area contributed by atoms with E-state index in [0.717, 1.165) is 22.7 Å². The summed E-state index contributed by atoms with van der Waals surface area (Å²) in [5.41, 5.74) is 1.69. The van der Waals surface area contributed by atoms with E-state index in [2.05, 4.69) is 18.1 Å². The van der Waals surface area contributed by atoms with Gasteiger partial charge in [0.2, 0.25) is 0 Å². The third-order valence-corrected chi connectivity index (χ3v) is 4.83. The van der Waals surface area contributed by atoms with Crippen molar-refractivity contribution in [1.82, 2.24) is 9.78 Å². The number of rotatable bonds is 4. The Kier molecular flexibility index (Phi) is 4.10. The Hall–Kier alpha value is -0.840. The van der Waals surface area contributed by atoms with E-state index in [1.165, 1.54) is 4.88 Å². The van der Waals surface area contributed by atoms with Gasteiger partial charge in [0.25, 0.3) is 0 Å². The van der Waals surface area contributed by atoms with Crippen LogP contribution in [0.15, 0.2) is 12.1 Å². The van der Waals surface area contributed by atoms with Crippen LogP contribution in [0.2, 0.25) is 5.02 Å². The largest absolute Gasteiger partial charge is 0.387 e. The number of halogens is 1. The summed E-state index contributed by atoms with van der Waals surface area (Å²) in [6.45, 7) is 3.99. The molecule has 0 fully saturated rings. The number of nitrogens with zero attached hydrogens (tertiary/aromatic N) is 2. The molecular formula is C13H17ClN2OS. The first-order chi connectivity index (χ1) is 8.52. The summed E-state index contributed by atoms with van der Waals surface area (Å²) < 4.78 is 1.75. The number of hydrogen-bond donors (Lipinski definition) is 1. The lowest BCUT2D eigenvalue weighted by atomic mass is 10.1. The van der Waals surface area contributed by atoms with Crippen molar-refractivity contribution < 1.29 is 5.11 Å². The van der Waals surface area contributed by atoms with E-state index < -0.39 is 6.10 Å². The van der Waals surface area contributed by atoms with Crippen LogP contribution in [0.1, 0.15) is 34.2 Å². The van der Waals surface area contributed by atoms with Crippen LogP contribution in [-0.4, -0.2) is 14.9 Å². The van der Waals surface area contributed by atoms with Gasteiger partial charge >= 0.3 is 0 Å². The summed E-state index contributed by atoms with van der Waals surface area (Å²) in [6.07, 6.45) is 0.991. The summed E-state index contributed by atoms with van der Waals surface area (Å²) in [7, 11) is 1.85. The fourth-order valence-electron chi connectivity index (χ4n) is 1.95. The van der Waals surface area contributed by atoms with Crippen molar-refractivity contribution in [2.24, 2.45) is 7.05 Å². The van der Waals surface area contributed by atoms with Gasteiger partial charge in [-0.05, 0) is 25.5 Å². The maximum Gasteiger partial charge on any atom is 0.0937 e. The number of thiophene rings is 1. The first-order valence-electron chi connectivity index (χ1n) is 5.97. The topological polar surface area (TPSA) is 38.1 Å². The monoisotopic (exact) mass is 284 g/mol. The number of aliphatic hydroxyl groups excluding tert-OH is 1. The third kappa shape index (κ3) is 2.60. The number of aryl methyl sites for hydroxylation is 3. The normalized spacial score (nSPS) is 12.9. The highest BCUT2D eigenvalue weighted by Gasteiger charge is 2.17. The van der Waals surface area contributed by atoms with Crippen LogP contribution in [0.5, 0.6) is 0 Å². The number of aliphatic hydroxyl groups is 1. The van der Waals surface area contributed by atoms with E-state index in [1.54, 1.807) is 16.0 Å². The van der Waals surface area contributed by atoms with E-state index in [4.69, 9.17) is 11.6 Å². The lowest BCUT2D eigenvalue weighted by Gasteiger charge is -2.09. The molecule has 0 aromatic carbocycles. The zero-order valence-corrected chi connectivity index (χ0v) is 12.3. The standard InChI is InChI=1S/C13H17ClN2OS/c1-4-9-5-6-12(18-9)11(17)7-10-13(14)8(2)15-16(10)3/h5-6,11,17H,4,7H2,1-3H3. The third-order valence-electron chi connectivity index (χ3n) is 3.01. The molecule has 0 aliphatic heterocycles. The van der Waals surface area contributed by atoms with E-state index in [-0.39, 0.29) is 0 Å².